The topological polar surface area (TPSA) is 26.0 Å². The molecule has 60 valence electrons. The van der Waals surface area contributed by atoms with Crippen molar-refractivity contribution in [2.75, 3.05) is 6.54 Å². The van der Waals surface area contributed by atoms with Crippen LogP contribution in [0.1, 0.15) is 33.6 Å². The van der Waals surface area contributed by atoms with Gasteiger partial charge in [-0.05, 0) is 36.6 Å². The zero-order chi connectivity index (χ0) is 7.78. The molecule has 2 N–H and O–H groups in total. The van der Waals surface area contributed by atoms with E-state index < -0.39 is 0 Å². The van der Waals surface area contributed by atoms with Gasteiger partial charge in [-0.3, -0.25) is 0 Å². The van der Waals surface area contributed by atoms with Crippen molar-refractivity contribution in [3.8, 4) is 0 Å². The summed E-state index contributed by atoms with van der Waals surface area (Å²) in [5.41, 5.74) is 6.01. The van der Waals surface area contributed by atoms with Gasteiger partial charge in [0.25, 0.3) is 0 Å². The third-order valence-electron chi connectivity index (χ3n) is 2.64. The fourth-order valence-electron chi connectivity index (χ4n) is 1.48. The van der Waals surface area contributed by atoms with Gasteiger partial charge in [0.2, 0.25) is 0 Å². The smallest absolute Gasteiger partial charge is 0.00257 e. The standard InChI is InChI=1S/C9H19N/c1-7-4-8(7)5-9(2,3)6-10/h7-8H,4-6,10H2,1-3H3. The predicted octanol–water partition coefficient (Wildman–Crippen LogP) is 2.02. The molecule has 0 radical (unpaired) electrons. The Balaban J connectivity index is 2.24. The maximum Gasteiger partial charge on any atom is -0.00257 e. The van der Waals surface area contributed by atoms with Crippen LogP contribution < -0.4 is 5.73 Å². The molecule has 1 aliphatic carbocycles. The van der Waals surface area contributed by atoms with Crippen LogP contribution >= 0.6 is 0 Å². The first kappa shape index (κ1) is 8.06. The predicted molar refractivity (Wildman–Crippen MR) is 44.7 cm³/mol. The molecule has 0 aromatic carbocycles. The first-order valence-corrected chi connectivity index (χ1v) is 4.25. The van der Waals surface area contributed by atoms with Crippen molar-refractivity contribution in [1.29, 1.82) is 0 Å². The Morgan fingerprint density at radius 1 is 1.50 bits per heavy atom. The molecule has 1 fully saturated rings. The average molecular weight is 141 g/mol. The highest BCUT2D eigenvalue weighted by Crippen LogP contribution is 2.45. The van der Waals surface area contributed by atoms with Gasteiger partial charge in [-0.2, -0.15) is 0 Å². The highest BCUT2D eigenvalue weighted by atomic mass is 14.6. The summed E-state index contributed by atoms with van der Waals surface area (Å²) in [6, 6.07) is 0. The summed E-state index contributed by atoms with van der Waals surface area (Å²) >= 11 is 0. The van der Waals surface area contributed by atoms with E-state index in [1.54, 1.807) is 0 Å². The fourth-order valence-corrected chi connectivity index (χ4v) is 1.48. The Bertz CT molecular complexity index is 118. The summed E-state index contributed by atoms with van der Waals surface area (Å²) in [6.07, 6.45) is 2.76. The molecule has 0 bridgehead atoms. The van der Waals surface area contributed by atoms with Crippen LogP contribution in [0.4, 0.5) is 0 Å². The number of hydrogen-bond acceptors (Lipinski definition) is 1. The molecule has 0 aromatic rings. The van der Waals surface area contributed by atoms with Crippen molar-refractivity contribution in [1.82, 2.24) is 0 Å². The van der Waals surface area contributed by atoms with Crippen LogP contribution in [0.25, 0.3) is 0 Å². The lowest BCUT2D eigenvalue weighted by molar-refractivity contribution is 0.320. The first-order valence-electron chi connectivity index (χ1n) is 4.25. The van der Waals surface area contributed by atoms with Gasteiger partial charge in [-0.25, -0.2) is 0 Å². The van der Waals surface area contributed by atoms with Crippen LogP contribution in [-0.4, -0.2) is 6.54 Å². The molecule has 2 unspecified atom stereocenters. The Hall–Kier alpha value is -0.0400. The van der Waals surface area contributed by atoms with Crippen LogP contribution in [0, 0.1) is 17.3 Å². The van der Waals surface area contributed by atoms with Crippen LogP contribution in [0.15, 0.2) is 0 Å². The lowest BCUT2D eigenvalue weighted by Crippen LogP contribution is -2.24. The summed E-state index contributed by atoms with van der Waals surface area (Å²) in [7, 11) is 0. The van der Waals surface area contributed by atoms with Crippen molar-refractivity contribution >= 4 is 0 Å². The normalized spacial score (nSPS) is 32.4. The molecule has 1 saturated carbocycles. The second-order valence-corrected chi connectivity index (χ2v) is 4.55. The molecule has 0 heterocycles. The monoisotopic (exact) mass is 141 g/mol. The lowest BCUT2D eigenvalue weighted by Gasteiger charge is -2.21. The van der Waals surface area contributed by atoms with Crippen LogP contribution in [0.5, 0.6) is 0 Å². The van der Waals surface area contributed by atoms with E-state index in [1.807, 2.05) is 0 Å². The Morgan fingerprint density at radius 2 is 2.00 bits per heavy atom. The van der Waals surface area contributed by atoms with Gasteiger partial charge in [0.05, 0.1) is 0 Å². The largest absolute Gasteiger partial charge is 0.330 e. The molecule has 1 rings (SSSR count). The van der Waals surface area contributed by atoms with Gasteiger partial charge in [0, 0.05) is 0 Å². The molecule has 2 atom stereocenters. The van der Waals surface area contributed by atoms with Crippen molar-refractivity contribution in [2.45, 2.75) is 33.6 Å². The summed E-state index contributed by atoms with van der Waals surface area (Å²) in [4.78, 5) is 0. The summed E-state index contributed by atoms with van der Waals surface area (Å²) in [6.45, 7) is 7.68. The maximum atomic E-state index is 5.63. The molecule has 0 aromatic heterocycles. The minimum Gasteiger partial charge on any atom is -0.330 e. The highest BCUT2D eigenvalue weighted by molar-refractivity contribution is 4.87. The van der Waals surface area contributed by atoms with Gasteiger partial charge in [-0.1, -0.05) is 20.8 Å². The van der Waals surface area contributed by atoms with E-state index in [4.69, 9.17) is 5.73 Å². The van der Waals surface area contributed by atoms with Gasteiger partial charge in [0.15, 0.2) is 0 Å². The van der Waals surface area contributed by atoms with E-state index >= 15 is 0 Å². The maximum absolute atomic E-state index is 5.63. The van der Waals surface area contributed by atoms with Gasteiger partial charge >= 0.3 is 0 Å². The van der Waals surface area contributed by atoms with Crippen molar-refractivity contribution in [2.24, 2.45) is 23.0 Å². The van der Waals surface area contributed by atoms with Crippen LogP contribution in [-0.2, 0) is 0 Å². The highest BCUT2D eigenvalue weighted by Gasteiger charge is 2.36. The molecule has 1 aliphatic rings. The molecule has 0 saturated heterocycles. The summed E-state index contributed by atoms with van der Waals surface area (Å²) < 4.78 is 0. The second kappa shape index (κ2) is 2.54. The second-order valence-electron chi connectivity index (χ2n) is 4.55. The molecule has 1 heteroatoms. The van der Waals surface area contributed by atoms with E-state index in [1.165, 1.54) is 12.8 Å². The van der Waals surface area contributed by atoms with Crippen LogP contribution in [0.3, 0.4) is 0 Å². The van der Waals surface area contributed by atoms with Gasteiger partial charge < -0.3 is 5.73 Å². The first-order chi connectivity index (χ1) is 4.55. The van der Waals surface area contributed by atoms with Crippen molar-refractivity contribution < 1.29 is 0 Å². The molecule has 1 nitrogen and oxygen atoms in total. The Kier molecular flexibility index (Phi) is 2.04. The fraction of sp³-hybridized carbons (Fsp3) is 1.00. The van der Waals surface area contributed by atoms with E-state index in [2.05, 4.69) is 20.8 Å². The average Bonchev–Trinajstić information content (AvgIpc) is 2.46. The van der Waals surface area contributed by atoms with Gasteiger partial charge in [0.1, 0.15) is 0 Å². The third-order valence-corrected chi connectivity index (χ3v) is 2.64. The number of hydrogen-bond donors (Lipinski definition) is 1. The van der Waals surface area contributed by atoms with E-state index in [9.17, 15) is 0 Å². The van der Waals surface area contributed by atoms with E-state index in [0.717, 1.165) is 18.4 Å². The molecule has 0 spiro atoms. The Labute approximate surface area is 64.0 Å². The summed E-state index contributed by atoms with van der Waals surface area (Å²) in [5, 5.41) is 0. The Morgan fingerprint density at radius 3 is 2.30 bits per heavy atom. The molecular formula is C9H19N. The molecular weight excluding hydrogens is 122 g/mol. The number of rotatable bonds is 3. The zero-order valence-corrected chi connectivity index (χ0v) is 7.35. The van der Waals surface area contributed by atoms with Crippen molar-refractivity contribution in [3.63, 3.8) is 0 Å². The molecule has 10 heavy (non-hydrogen) atoms. The van der Waals surface area contributed by atoms with Crippen molar-refractivity contribution in [3.05, 3.63) is 0 Å². The van der Waals surface area contributed by atoms with Gasteiger partial charge in [-0.15, -0.1) is 0 Å². The number of nitrogens with two attached hydrogens (primary N) is 1. The third kappa shape index (κ3) is 1.98. The lowest BCUT2D eigenvalue weighted by atomic mass is 9.87. The minimum absolute atomic E-state index is 0.384. The minimum atomic E-state index is 0.384. The van der Waals surface area contributed by atoms with E-state index in [0.29, 0.717) is 5.41 Å². The molecule has 0 aliphatic heterocycles. The van der Waals surface area contributed by atoms with E-state index in [-0.39, 0.29) is 0 Å². The SMILES string of the molecule is CC1CC1CC(C)(C)CN. The molecule has 0 amide bonds. The quantitative estimate of drug-likeness (QED) is 0.639. The zero-order valence-electron chi connectivity index (χ0n) is 7.35. The van der Waals surface area contributed by atoms with Crippen LogP contribution in [0.2, 0.25) is 0 Å². The summed E-state index contributed by atoms with van der Waals surface area (Å²) in [5.74, 6) is 1.96.